The van der Waals surface area contributed by atoms with E-state index in [1.54, 1.807) is 6.07 Å². The van der Waals surface area contributed by atoms with E-state index in [-0.39, 0.29) is 6.04 Å². The lowest BCUT2D eigenvalue weighted by Gasteiger charge is -2.15. The molecule has 0 aliphatic rings. The number of furan rings is 1. The topological polar surface area (TPSA) is 25.2 Å². The molecule has 1 N–H and O–H groups in total. The first-order chi connectivity index (χ1) is 8.74. The average Bonchev–Trinajstić information content (AvgIpc) is 2.78. The molecule has 0 fully saturated rings. The third-order valence-corrected chi connectivity index (χ3v) is 3.19. The monoisotopic (exact) mass is 263 g/mol. The van der Waals surface area contributed by atoms with E-state index >= 15 is 0 Å². The van der Waals surface area contributed by atoms with Gasteiger partial charge in [-0.1, -0.05) is 37.6 Å². The Morgan fingerprint density at radius 2 is 2.11 bits per heavy atom. The van der Waals surface area contributed by atoms with E-state index in [0.29, 0.717) is 5.22 Å². The second kappa shape index (κ2) is 6.07. The molecule has 1 aromatic heterocycles. The van der Waals surface area contributed by atoms with Crippen LogP contribution >= 0.6 is 11.6 Å². The minimum atomic E-state index is 0.0503. The van der Waals surface area contributed by atoms with Gasteiger partial charge in [0.1, 0.15) is 5.76 Å². The van der Waals surface area contributed by atoms with Crippen molar-refractivity contribution in [3.8, 4) is 0 Å². The summed E-state index contributed by atoms with van der Waals surface area (Å²) in [5.41, 5.74) is 2.56. The van der Waals surface area contributed by atoms with Gasteiger partial charge in [-0.05, 0) is 48.3 Å². The van der Waals surface area contributed by atoms with E-state index in [0.717, 1.165) is 18.6 Å². The second-order valence-corrected chi connectivity index (χ2v) is 4.73. The van der Waals surface area contributed by atoms with Gasteiger partial charge < -0.3 is 9.73 Å². The Morgan fingerprint density at radius 1 is 1.28 bits per heavy atom. The predicted molar refractivity (Wildman–Crippen MR) is 75.1 cm³/mol. The summed E-state index contributed by atoms with van der Waals surface area (Å²) < 4.78 is 5.49. The van der Waals surface area contributed by atoms with Crippen molar-refractivity contribution in [2.75, 3.05) is 7.05 Å². The van der Waals surface area contributed by atoms with E-state index in [1.807, 2.05) is 13.1 Å². The minimum Gasteiger partial charge on any atom is -0.448 e. The van der Waals surface area contributed by atoms with Crippen LogP contribution in [0.15, 0.2) is 40.8 Å². The van der Waals surface area contributed by atoms with Gasteiger partial charge in [-0.15, -0.1) is 0 Å². The van der Waals surface area contributed by atoms with E-state index in [9.17, 15) is 0 Å². The number of aryl methyl sites for hydroxylation is 1. The molecule has 2 aromatic rings. The number of benzene rings is 1. The molecule has 2 rings (SSSR count). The van der Waals surface area contributed by atoms with Gasteiger partial charge in [0.2, 0.25) is 0 Å². The first-order valence-electron chi connectivity index (χ1n) is 6.26. The van der Waals surface area contributed by atoms with Gasteiger partial charge >= 0.3 is 0 Å². The Balaban J connectivity index is 2.29. The fourth-order valence-corrected chi connectivity index (χ4v) is 2.33. The minimum absolute atomic E-state index is 0.0503. The van der Waals surface area contributed by atoms with Crippen molar-refractivity contribution in [3.63, 3.8) is 0 Å². The Bertz CT molecular complexity index is 507. The molecule has 0 amide bonds. The number of hydrogen-bond acceptors (Lipinski definition) is 2. The molecule has 0 saturated heterocycles. The highest BCUT2D eigenvalue weighted by Gasteiger charge is 2.15. The van der Waals surface area contributed by atoms with E-state index in [4.69, 9.17) is 16.0 Å². The number of nitrogens with one attached hydrogen (secondary N) is 1. The normalized spacial score (nSPS) is 12.6. The Labute approximate surface area is 113 Å². The number of rotatable bonds is 5. The van der Waals surface area contributed by atoms with Crippen LogP contribution in [-0.4, -0.2) is 7.05 Å². The molecule has 1 unspecified atom stereocenters. The third-order valence-electron chi connectivity index (χ3n) is 2.99. The lowest BCUT2D eigenvalue weighted by Crippen LogP contribution is -2.17. The molecule has 0 bridgehead atoms. The van der Waals surface area contributed by atoms with Gasteiger partial charge in [-0.2, -0.15) is 0 Å². The van der Waals surface area contributed by atoms with Crippen molar-refractivity contribution < 1.29 is 4.42 Å². The van der Waals surface area contributed by atoms with Crippen LogP contribution < -0.4 is 5.32 Å². The largest absolute Gasteiger partial charge is 0.448 e. The van der Waals surface area contributed by atoms with Crippen LogP contribution in [0.1, 0.15) is 36.3 Å². The maximum absolute atomic E-state index is 5.84. The quantitative estimate of drug-likeness (QED) is 0.875. The Morgan fingerprint density at radius 3 is 2.72 bits per heavy atom. The zero-order valence-corrected chi connectivity index (χ0v) is 11.5. The molecule has 1 heterocycles. The predicted octanol–water partition coefficient (Wildman–Crippen LogP) is 4.19. The van der Waals surface area contributed by atoms with Gasteiger partial charge in [0.15, 0.2) is 5.22 Å². The van der Waals surface area contributed by atoms with Crippen LogP contribution in [0.4, 0.5) is 0 Å². The molecule has 1 atom stereocenters. The summed E-state index contributed by atoms with van der Waals surface area (Å²) in [5, 5.41) is 3.69. The lowest BCUT2D eigenvalue weighted by molar-refractivity contribution is 0.464. The molecule has 18 heavy (non-hydrogen) atoms. The maximum atomic E-state index is 5.84. The van der Waals surface area contributed by atoms with Crippen molar-refractivity contribution in [1.82, 2.24) is 5.32 Å². The van der Waals surface area contributed by atoms with Crippen molar-refractivity contribution >= 4 is 11.6 Å². The molecule has 0 radical (unpaired) electrons. The van der Waals surface area contributed by atoms with Gasteiger partial charge in [-0.25, -0.2) is 0 Å². The van der Waals surface area contributed by atoms with Crippen molar-refractivity contribution in [2.45, 2.75) is 25.8 Å². The first-order valence-corrected chi connectivity index (χ1v) is 6.63. The molecule has 0 aliphatic carbocycles. The van der Waals surface area contributed by atoms with E-state index in [2.05, 4.69) is 36.5 Å². The van der Waals surface area contributed by atoms with E-state index < -0.39 is 0 Å². The highest BCUT2D eigenvalue weighted by Crippen LogP contribution is 2.26. The molecule has 3 heteroatoms. The number of hydrogen-bond donors (Lipinski definition) is 1. The fourth-order valence-electron chi connectivity index (χ4n) is 2.17. The highest BCUT2D eigenvalue weighted by atomic mass is 35.5. The fraction of sp³-hybridized carbons (Fsp3) is 0.333. The zero-order chi connectivity index (χ0) is 13.0. The molecule has 0 aliphatic heterocycles. The van der Waals surface area contributed by atoms with Gasteiger partial charge in [0, 0.05) is 0 Å². The van der Waals surface area contributed by atoms with Crippen LogP contribution in [0.5, 0.6) is 0 Å². The molecule has 1 aromatic carbocycles. The van der Waals surface area contributed by atoms with Gasteiger partial charge in [0.25, 0.3) is 0 Å². The third kappa shape index (κ3) is 2.95. The average molecular weight is 264 g/mol. The van der Waals surface area contributed by atoms with Crippen LogP contribution in [-0.2, 0) is 6.42 Å². The molecular formula is C15H18ClNO. The molecule has 0 spiro atoms. The van der Waals surface area contributed by atoms with Gasteiger partial charge in [-0.3, -0.25) is 0 Å². The highest BCUT2D eigenvalue weighted by molar-refractivity contribution is 6.28. The van der Waals surface area contributed by atoms with Crippen molar-refractivity contribution in [1.29, 1.82) is 0 Å². The summed E-state index contributed by atoms with van der Waals surface area (Å²) in [7, 11) is 1.92. The Hall–Kier alpha value is -1.25. The maximum Gasteiger partial charge on any atom is 0.193 e. The summed E-state index contributed by atoms with van der Waals surface area (Å²) in [4.78, 5) is 0. The zero-order valence-electron chi connectivity index (χ0n) is 10.7. The molecule has 96 valence electrons. The van der Waals surface area contributed by atoms with Crippen molar-refractivity contribution in [2.24, 2.45) is 0 Å². The van der Waals surface area contributed by atoms with E-state index in [1.165, 1.54) is 11.1 Å². The summed E-state index contributed by atoms with van der Waals surface area (Å²) in [6.45, 7) is 2.19. The SMILES string of the molecule is CCCc1cccc(C(NC)c2ccc(Cl)o2)c1. The summed E-state index contributed by atoms with van der Waals surface area (Å²) in [6.07, 6.45) is 2.25. The first kappa shape index (κ1) is 13.2. The molecule has 0 saturated carbocycles. The standard InChI is InChI=1S/C15H18ClNO/c1-3-5-11-6-4-7-12(10-11)15(17-2)13-8-9-14(16)18-13/h4,6-10,15,17H,3,5H2,1-2H3. The van der Waals surface area contributed by atoms with Crippen LogP contribution in [0.2, 0.25) is 5.22 Å². The lowest BCUT2D eigenvalue weighted by atomic mass is 10.0. The summed E-state index contributed by atoms with van der Waals surface area (Å²) in [6, 6.07) is 12.3. The smallest absolute Gasteiger partial charge is 0.193 e. The van der Waals surface area contributed by atoms with Crippen molar-refractivity contribution in [3.05, 3.63) is 58.5 Å². The number of halogens is 1. The van der Waals surface area contributed by atoms with Gasteiger partial charge in [0.05, 0.1) is 6.04 Å². The second-order valence-electron chi connectivity index (χ2n) is 4.36. The summed E-state index contributed by atoms with van der Waals surface area (Å²) in [5.74, 6) is 0.844. The Kier molecular flexibility index (Phi) is 4.45. The van der Waals surface area contributed by atoms with Crippen LogP contribution in [0.3, 0.4) is 0 Å². The van der Waals surface area contributed by atoms with Crippen LogP contribution in [0, 0.1) is 0 Å². The molecular weight excluding hydrogens is 246 g/mol. The van der Waals surface area contributed by atoms with Crippen LogP contribution in [0.25, 0.3) is 0 Å². The summed E-state index contributed by atoms with van der Waals surface area (Å²) >= 11 is 5.84. The molecule has 2 nitrogen and oxygen atoms in total.